The molecular weight excluding hydrogens is 280 g/mol. The second kappa shape index (κ2) is 5.83. The number of fused-ring (bicyclic) bond motifs is 1. The summed E-state index contributed by atoms with van der Waals surface area (Å²) in [6.07, 6.45) is 3.63. The van der Waals surface area contributed by atoms with Crippen molar-refractivity contribution in [2.75, 3.05) is 30.0 Å². The second-order valence-corrected chi connectivity index (χ2v) is 5.76. The van der Waals surface area contributed by atoms with Crippen LogP contribution in [0.2, 0.25) is 0 Å². The molecule has 0 N–H and O–H groups in total. The molecule has 5 nitrogen and oxygen atoms in total. The average Bonchev–Trinajstić information content (AvgIpc) is 2.66. The highest BCUT2D eigenvalue weighted by Crippen LogP contribution is 2.34. The summed E-state index contributed by atoms with van der Waals surface area (Å²) in [6, 6.07) is 7.49. The number of allylic oxidation sites excluding steroid dienone is 1. The summed E-state index contributed by atoms with van der Waals surface area (Å²) in [5.74, 6) is -0.0146. The maximum atomic E-state index is 12.8. The normalized spacial score (nSPS) is 21.6. The third-order valence-electron chi connectivity index (χ3n) is 4.13. The number of hydrogen-bond acceptors (Lipinski definition) is 3. The first-order valence-electron chi connectivity index (χ1n) is 7.61. The van der Waals surface area contributed by atoms with Crippen LogP contribution in [0, 0.1) is 5.92 Å². The van der Waals surface area contributed by atoms with E-state index in [0.717, 1.165) is 24.2 Å². The topological polar surface area (TPSA) is 49.9 Å². The molecule has 22 heavy (non-hydrogen) atoms. The Morgan fingerprint density at radius 2 is 2.00 bits per heavy atom. The van der Waals surface area contributed by atoms with Gasteiger partial charge in [0.25, 0.3) is 5.91 Å². The van der Waals surface area contributed by atoms with E-state index >= 15 is 0 Å². The third kappa shape index (κ3) is 2.47. The van der Waals surface area contributed by atoms with Gasteiger partial charge in [-0.15, -0.1) is 0 Å². The van der Waals surface area contributed by atoms with Crippen molar-refractivity contribution in [1.82, 2.24) is 0 Å². The average molecular weight is 300 g/mol. The van der Waals surface area contributed by atoms with E-state index in [1.54, 1.807) is 16.8 Å². The minimum absolute atomic E-state index is 0.0151. The molecule has 5 heteroatoms. The van der Waals surface area contributed by atoms with E-state index in [2.05, 4.69) is 0 Å². The molecule has 116 valence electrons. The van der Waals surface area contributed by atoms with E-state index in [4.69, 9.17) is 4.74 Å². The maximum Gasteiger partial charge on any atom is 0.293 e. The van der Waals surface area contributed by atoms with E-state index in [-0.39, 0.29) is 17.7 Å². The molecule has 0 radical (unpaired) electrons. The molecule has 2 amide bonds. The van der Waals surface area contributed by atoms with Gasteiger partial charge in [-0.3, -0.25) is 9.59 Å². The lowest BCUT2D eigenvalue weighted by atomic mass is 10.1. The molecule has 0 spiro atoms. The first kappa shape index (κ1) is 14.6. The first-order valence-corrected chi connectivity index (χ1v) is 7.61. The minimum Gasteiger partial charge on any atom is -0.488 e. The number of ether oxygens (including phenoxy) is 1. The molecule has 0 saturated heterocycles. The molecule has 1 aromatic carbocycles. The number of hydrogen-bond donors (Lipinski definition) is 0. The lowest BCUT2D eigenvalue weighted by molar-refractivity contribution is -0.121. The number of benzene rings is 1. The van der Waals surface area contributed by atoms with Crippen molar-refractivity contribution in [2.24, 2.45) is 5.92 Å². The molecule has 1 atom stereocenters. The van der Waals surface area contributed by atoms with Crippen LogP contribution in [0.1, 0.15) is 19.8 Å². The maximum absolute atomic E-state index is 12.8. The summed E-state index contributed by atoms with van der Waals surface area (Å²) in [4.78, 5) is 28.5. The van der Waals surface area contributed by atoms with Crippen LogP contribution >= 0.6 is 0 Å². The number of amides is 2. The van der Waals surface area contributed by atoms with Crippen LogP contribution in [0.15, 0.2) is 36.1 Å². The Hall–Kier alpha value is -2.30. The summed E-state index contributed by atoms with van der Waals surface area (Å²) < 4.78 is 5.51. The van der Waals surface area contributed by atoms with Crippen LogP contribution in [0.5, 0.6) is 0 Å². The number of rotatable bonds is 1. The fourth-order valence-electron chi connectivity index (χ4n) is 2.91. The smallest absolute Gasteiger partial charge is 0.293 e. The van der Waals surface area contributed by atoms with Crippen LogP contribution in [0.25, 0.3) is 0 Å². The zero-order valence-corrected chi connectivity index (χ0v) is 12.9. The predicted molar refractivity (Wildman–Crippen MR) is 84.6 cm³/mol. The SMILES string of the molecule is C[C@H]1CN(C(=O)C2=CCCCO2)c2ccccc2N(C)C1=O. The van der Waals surface area contributed by atoms with Crippen molar-refractivity contribution in [3.8, 4) is 0 Å². The van der Waals surface area contributed by atoms with E-state index in [1.807, 2.05) is 37.3 Å². The number of nitrogens with zero attached hydrogens (tertiary/aromatic N) is 2. The Labute approximate surface area is 130 Å². The highest BCUT2D eigenvalue weighted by molar-refractivity contribution is 6.10. The van der Waals surface area contributed by atoms with Crippen LogP contribution < -0.4 is 9.80 Å². The summed E-state index contributed by atoms with van der Waals surface area (Å²) >= 11 is 0. The van der Waals surface area contributed by atoms with Gasteiger partial charge in [-0.2, -0.15) is 0 Å². The fraction of sp³-hybridized carbons (Fsp3) is 0.412. The second-order valence-electron chi connectivity index (χ2n) is 5.76. The largest absolute Gasteiger partial charge is 0.488 e. The van der Waals surface area contributed by atoms with Gasteiger partial charge in [-0.25, -0.2) is 0 Å². The molecule has 0 aromatic heterocycles. The molecule has 0 aliphatic carbocycles. The summed E-state index contributed by atoms with van der Waals surface area (Å²) in [6.45, 7) is 2.78. The van der Waals surface area contributed by atoms with Gasteiger partial charge < -0.3 is 14.5 Å². The van der Waals surface area contributed by atoms with Crippen molar-refractivity contribution in [3.63, 3.8) is 0 Å². The summed E-state index contributed by atoms with van der Waals surface area (Å²) in [5.41, 5.74) is 1.50. The molecule has 1 aromatic rings. The van der Waals surface area contributed by atoms with E-state index < -0.39 is 0 Å². The van der Waals surface area contributed by atoms with Gasteiger partial charge in [-0.05, 0) is 31.1 Å². The standard InChI is InChI=1S/C17H20N2O3/c1-12-11-19(17(21)15-9-5-6-10-22-15)14-8-4-3-7-13(14)18(2)16(12)20/h3-4,7-9,12H,5-6,10-11H2,1-2H3/t12-/m0/s1. The Morgan fingerprint density at radius 1 is 1.27 bits per heavy atom. The van der Waals surface area contributed by atoms with Gasteiger partial charge in [0, 0.05) is 13.6 Å². The Balaban J connectivity index is 2.02. The lowest BCUT2D eigenvalue weighted by Crippen LogP contribution is -2.38. The van der Waals surface area contributed by atoms with Gasteiger partial charge >= 0.3 is 0 Å². The molecule has 2 heterocycles. The molecule has 0 saturated carbocycles. The third-order valence-corrected chi connectivity index (χ3v) is 4.13. The fourth-order valence-corrected chi connectivity index (χ4v) is 2.91. The van der Waals surface area contributed by atoms with Crippen molar-refractivity contribution >= 4 is 23.2 Å². The molecule has 3 rings (SSSR count). The van der Waals surface area contributed by atoms with Gasteiger partial charge in [0.15, 0.2) is 5.76 Å². The van der Waals surface area contributed by atoms with Crippen molar-refractivity contribution in [3.05, 3.63) is 36.1 Å². The molecule has 0 fully saturated rings. The Bertz CT molecular complexity index is 639. The highest BCUT2D eigenvalue weighted by atomic mass is 16.5. The quantitative estimate of drug-likeness (QED) is 0.800. The van der Waals surface area contributed by atoms with Crippen LogP contribution in [-0.4, -0.2) is 32.0 Å². The van der Waals surface area contributed by atoms with E-state index in [0.29, 0.717) is 18.9 Å². The van der Waals surface area contributed by atoms with Gasteiger partial charge in [-0.1, -0.05) is 19.1 Å². The number of para-hydroxylation sites is 2. The monoisotopic (exact) mass is 300 g/mol. The number of carbonyl (C=O) groups is 2. The zero-order valence-electron chi connectivity index (χ0n) is 12.9. The number of anilines is 2. The summed E-state index contributed by atoms with van der Waals surface area (Å²) in [7, 11) is 1.75. The summed E-state index contributed by atoms with van der Waals surface area (Å²) in [5, 5.41) is 0. The van der Waals surface area contributed by atoms with Crippen molar-refractivity contribution in [1.29, 1.82) is 0 Å². The van der Waals surface area contributed by atoms with Gasteiger partial charge in [0.05, 0.1) is 23.9 Å². The lowest BCUT2D eigenvalue weighted by Gasteiger charge is -2.26. The van der Waals surface area contributed by atoms with Gasteiger partial charge in [0.2, 0.25) is 5.91 Å². The molecule has 2 aliphatic rings. The zero-order chi connectivity index (χ0) is 15.7. The molecule has 2 aliphatic heterocycles. The minimum atomic E-state index is -0.259. The first-order chi connectivity index (χ1) is 10.6. The highest BCUT2D eigenvalue weighted by Gasteiger charge is 2.33. The van der Waals surface area contributed by atoms with Crippen molar-refractivity contribution in [2.45, 2.75) is 19.8 Å². The van der Waals surface area contributed by atoms with E-state index in [1.165, 1.54) is 0 Å². The molecule has 0 unspecified atom stereocenters. The Kier molecular flexibility index (Phi) is 3.88. The number of carbonyl (C=O) groups excluding carboxylic acids is 2. The van der Waals surface area contributed by atoms with E-state index in [9.17, 15) is 9.59 Å². The van der Waals surface area contributed by atoms with Crippen LogP contribution in [-0.2, 0) is 14.3 Å². The predicted octanol–water partition coefficient (Wildman–Crippen LogP) is 2.33. The Morgan fingerprint density at radius 3 is 2.68 bits per heavy atom. The van der Waals surface area contributed by atoms with Crippen LogP contribution in [0.3, 0.4) is 0 Å². The van der Waals surface area contributed by atoms with Crippen molar-refractivity contribution < 1.29 is 14.3 Å². The molecule has 0 bridgehead atoms. The van der Waals surface area contributed by atoms with Crippen LogP contribution in [0.4, 0.5) is 11.4 Å². The van der Waals surface area contributed by atoms with Gasteiger partial charge in [0.1, 0.15) is 0 Å². The molecular formula is C17H20N2O3.